The second-order valence-electron chi connectivity index (χ2n) is 7.75. The lowest BCUT2D eigenvalue weighted by Gasteiger charge is -2.42. The summed E-state index contributed by atoms with van der Waals surface area (Å²) < 4.78 is 26.7. The fourth-order valence-electron chi connectivity index (χ4n) is 3.11. The molecule has 0 fully saturated rings. The van der Waals surface area contributed by atoms with Gasteiger partial charge in [-0.25, -0.2) is 0 Å². The van der Waals surface area contributed by atoms with Crippen LogP contribution in [0.15, 0.2) is 102 Å². The molecule has 2 unspecified atom stereocenters. The van der Waals surface area contributed by atoms with Gasteiger partial charge in [0.05, 0.1) is 0 Å². The van der Waals surface area contributed by atoms with Crippen LogP contribution in [0.25, 0.3) is 0 Å². The van der Waals surface area contributed by atoms with Crippen molar-refractivity contribution in [1.82, 2.24) is 8.56 Å². The molecule has 5 rings (SSSR count). The first-order valence-corrected chi connectivity index (χ1v) is 17.8. The van der Waals surface area contributed by atoms with Gasteiger partial charge in [0.1, 0.15) is 23.0 Å². The Bertz CT molecular complexity index is 1450. The number of rotatable bonds is 8. The number of hydrogen-bond donors (Lipinski definition) is 0. The van der Waals surface area contributed by atoms with Crippen LogP contribution in [-0.4, -0.2) is 8.56 Å². The first-order valence-electron chi connectivity index (χ1n) is 11.1. The number of benzene rings is 4. The van der Waals surface area contributed by atoms with Crippen molar-refractivity contribution in [2.45, 2.75) is 0 Å². The summed E-state index contributed by atoms with van der Waals surface area (Å²) in [7, 11) is -7.66. The van der Waals surface area contributed by atoms with E-state index < -0.39 is 23.7 Å². The van der Waals surface area contributed by atoms with Crippen LogP contribution in [0.1, 0.15) is 0 Å². The van der Waals surface area contributed by atoms with Crippen LogP contribution in [0, 0.1) is 0 Å². The van der Waals surface area contributed by atoms with Crippen molar-refractivity contribution in [1.29, 1.82) is 0 Å². The first kappa shape index (κ1) is 30.3. The van der Waals surface area contributed by atoms with Crippen LogP contribution in [0.4, 0.5) is 0 Å². The van der Waals surface area contributed by atoms with Crippen LogP contribution in [0.5, 0.6) is 23.0 Å². The highest BCUT2D eigenvalue weighted by molar-refractivity contribution is 7.93. The highest BCUT2D eigenvalue weighted by atomic mass is 35.7. The largest absolute Gasteiger partial charge is 0.445 e. The molecular formula is C24H16Cl6N3O4P3. The molecule has 0 spiro atoms. The van der Waals surface area contributed by atoms with E-state index in [9.17, 15) is 0 Å². The summed E-state index contributed by atoms with van der Waals surface area (Å²) in [6.45, 7) is 0. The van der Waals surface area contributed by atoms with Gasteiger partial charge in [0.2, 0.25) is 7.58 Å². The second kappa shape index (κ2) is 13.4. The fourth-order valence-corrected chi connectivity index (χ4v) is 12.1. The predicted octanol–water partition coefficient (Wildman–Crippen LogP) is 12.2. The van der Waals surface area contributed by atoms with Crippen molar-refractivity contribution in [2.75, 3.05) is 0 Å². The molecule has 7 nitrogen and oxygen atoms in total. The summed E-state index contributed by atoms with van der Waals surface area (Å²) in [6.07, 6.45) is 0. The molecule has 1 aliphatic rings. The van der Waals surface area contributed by atoms with Crippen LogP contribution >= 0.6 is 93.1 Å². The summed E-state index contributed by atoms with van der Waals surface area (Å²) in [5.41, 5.74) is 0. The third-order valence-corrected chi connectivity index (χ3v) is 14.7. The minimum absolute atomic E-state index is 0.390. The second-order valence-corrected chi connectivity index (χ2v) is 16.6. The summed E-state index contributed by atoms with van der Waals surface area (Å²) >= 11 is 37.9. The molecule has 0 amide bonds. The van der Waals surface area contributed by atoms with E-state index in [4.69, 9.17) is 92.3 Å². The molecule has 2 atom stereocenters. The van der Waals surface area contributed by atoms with Gasteiger partial charge in [-0.15, -0.1) is 0 Å². The molecule has 0 N–H and O–H groups in total. The third kappa shape index (κ3) is 7.42. The maximum atomic E-state index is 6.74. The van der Waals surface area contributed by atoms with Gasteiger partial charge in [0.15, 0.2) is 0 Å². The van der Waals surface area contributed by atoms with Crippen molar-refractivity contribution in [2.24, 2.45) is 4.52 Å². The molecular weight excluding hydrogens is 700 g/mol. The van der Waals surface area contributed by atoms with Gasteiger partial charge < -0.3 is 18.4 Å². The van der Waals surface area contributed by atoms with Crippen molar-refractivity contribution in [3.05, 3.63) is 117 Å². The maximum absolute atomic E-state index is 6.74. The van der Waals surface area contributed by atoms with Gasteiger partial charge >= 0.3 is 16.1 Å². The lowest BCUT2D eigenvalue weighted by atomic mass is 10.3. The highest BCUT2D eigenvalue weighted by Gasteiger charge is 2.54. The number of halogens is 6. The van der Waals surface area contributed by atoms with Gasteiger partial charge in [-0.1, -0.05) is 50.4 Å². The van der Waals surface area contributed by atoms with Crippen LogP contribution < -0.4 is 18.4 Å². The molecule has 0 saturated heterocycles. The molecule has 4 aromatic rings. The molecule has 0 aromatic heterocycles. The van der Waals surface area contributed by atoms with E-state index in [0.717, 1.165) is 0 Å². The molecule has 1 heterocycles. The molecule has 208 valence electrons. The molecule has 4 aromatic carbocycles. The Morgan fingerprint density at radius 1 is 0.575 bits per heavy atom. The van der Waals surface area contributed by atoms with Crippen LogP contribution in [0.2, 0.25) is 20.1 Å². The van der Waals surface area contributed by atoms with E-state index in [-0.39, 0.29) is 0 Å². The Labute approximate surface area is 263 Å². The van der Waals surface area contributed by atoms with E-state index in [1.165, 1.54) is 8.56 Å². The average molecular weight is 716 g/mol. The quantitative estimate of drug-likeness (QED) is 0.134. The average Bonchev–Trinajstić information content (AvgIpc) is 2.94. The number of hydrogen-bond acceptors (Lipinski definition) is 7. The zero-order chi connectivity index (χ0) is 28.3. The van der Waals surface area contributed by atoms with Gasteiger partial charge in [-0.3, -0.25) is 0 Å². The van der Waals surface area contributed by atoms with E-state index in [1.807, 2.05) is 0 Å². The standard InChI is InChI=1S/C24H16Cl6N3O4P3/c25-17-1-9-21(10-2-17)34-33-39(35-22-11-3-18(26)4-12-22)32(29)38(30)31-40(33,36-23-13-5-19(27)6-14-23)37-24-15-7-20(28)8-16-24/h1-16H. The Morgan fingerprint density at radius 2 is 0.950 bits per heavy atom. The van der Waals surface area contributed by atoms with Gasteiger partial charge in [-0.2, -0.15) is 4.52 Å². The van der Waals surface area contributed by atoms with Crippen molar-refractivity contribution in [3.63, 3.8) is 0 Å². The fraction of sp³-hybridized carbons (Fsp3) is 0. The minimum Gasteiger partial charge on any atom is -0.441 e. The molecule has 40 heavy (non-hydrogen) atoms. The van der Waals surface area contributed by atoms with Crippen molar-refractivity contribution >= 4 is 93.1 Å². The Hall–Kier alpha value is -1.17. The lowest BCUT2D eigenvalue weighted by Crippen LogP contribution is -2.32. The predicted molar refractivity (Wildman–Crippen MR) is 167 cm³/mol. The molecule has 1 aliphatic heterocycles. The zero-order valence-electron chi connectivity index (χ0n) is 19.8. The van der Waals surface area contributed by atoms with E-state index >= 15 is 0 Å². The van der Waals surface area contributed by atoms with Gasteiger partial charge in [0.25, 0.3) is 0 Å². The SMILES string of the molecule is Clc1ccc(ON2P(Oc3ccc(Cl)cc3)N(Cl)P(Cl)N=P2(Oc2ccc(Cl)cc2)Oc2ccc(Cl)cc2)cc1. The van der Waals surface area contributed by atoms with Gasteiger partial charge in [0, 0.05) is 24.7 Å². The molecule has 0 saturated carbocycles. The molecule has 0 bridgehead atoms. The molecule has 16 heteroatoms. The zero-order valence-corrected chi connectivity index (χ0v) is 27.0. The first-order chi connectivity index (χ1) is 19.2. The summed E-state index contributed by atoms with van der Waals surface area (Å²) in [4.78, 5) is 6.38. The Kier molecular flexibility index (Phi) is 10.2. The molecule has 0 radical (unpaired) electrons. The highest BCUT2D eigenvalue weighted by Crippen LogP contribution is 2.79. The Balaban J connectivity index is 1.65. The van der Waals surface area contributed by atoms with Crippen molar-refractivity contribution < 1.29 is 18.4 Å². The normalized spacial score (nSPS) is 18.9. The summed E-state index contributed by atoms with van der Waals surface area (Å²) in [5, 5.41) is 2.10. The van der Waals surface area contributed by atoms with Gasteiger partial charge in [-0.05, 0) is 120 Å². The third-order valence-electron chi connectivity index (χ3n) is 4.90. The van der Waals surface area contributed by atoms with E-state index in [1.54, 1.807) is 97.1 Å². The topological polar surface area (TPSA) is 55.8 Å². The maximum Gasteiger partial charge on any atom is 0.445 e. The lowest BCUT2D eigenvalue weighted by molar-refractivity contribution is 0.1000. The van der Waals surface area contributed by atoms with Crippen LogP contribution in [0.3, 0.4) is 0 Å². The minimum atomic E-state index is -3.68. The van der Waals surface area contributed by atoms with E-state index in [2.05, 4.69) is 0 Å². The summed E-state index contributed by atoms with van der Waals surface area (Å²) in [5.74, 6) is 1.62. The molecule has 0 aliphatic carbocycles. The van der Waals surface area contributed by atoms with Crippen LogP contribution in [-0.2, 0) is 0 Å². The monoisotopic (exact) mass is 713 g/mol. The van der Waals surface area contributed by atoms with Crippen molar-refractivity contribution in [3.8, 4) is 23.0 Å². The smallest absolute Gasteiger partial charge is 0.441 e. The van der Waals surface area contributed by atoms with E-state index in [0.29, 0.717) is 43.1 Å². The Morgan fingerprint density at radius 3 is 1.38 bits per heavy atom. The summed E-state index contributed by atoms with van der Waals surface area (Å²) in [6, 6.07) is 26.9. The number of nitrogens with zero attached hydrogens (tertiary/aromatic N) is 3.